The Kier molecular flexibility index (Phi) is 1.97. The predicted octanol–water partition coefficient (Wildman–Crippen LogP) is 2.20. The minimum absolute atomic E-state index is 0.159. The lowest BCUT2D eigenvalue weighted by atomic mass is 10.2. The van der Waals surface area contributed by atoms with Crippen molar-refractivity contribution >= 4 is 11.6 Å². The third-order valence-corrected chi connectivity index (χ3v) is 2.52. The summed E-state index contributed by atoms with van der Waals surface area (Å²) in [7, 11) is 0. The molecule has 1 heterocycles. The lowest BCUT2D eigenvalue weighted by Gasteiger charge is -1.98. The van der Waals surface area contributed by atoms with Gasteiger partial charge in [-0.3, -0.25) is 4.39 Å². The van der Waals surface area contributed by atoms with E-state index >= 15 is 0 Å². The van der Waals surface area contributed by atoms with E-state index < -0.39 is 0 Å². The predicted molar refractivity (Wildman–Crippen MR) is 43.9 cm³/mol. The van der Waals surface area contributed by atoms with E-state index in [1.54, 1.807) is 6.20 Å². The maximum absolute atomic E-state index is 12.2. The third-order valence-electron chi connectivity index (χ3n) is 2.22. The first-order chi connectivity index (χ1) is 5.83. The Bertz CT molecular complexity index is 292. The monoisotopic (exact) mass is 186 g/mol. The number of hydrogen-bond donors (Lipinski definition) is 0. The van der Waals surface area contributed by atoms with E-state index in [0.717, 1.165) is 12.0 Å². The molecule has 2 rings (SSSR count). The molecule has 1 saturated carbocycles. The molecule has 0 N–H and O–H groups in total. The number of hydrogen-bond acceptors (Lipinski definition) is 2. The van der Waals surface area contributed by atoms with E-state index in [2.05, 4.69) is 10.2 Å². The quantitative estimate of drug-likeness (QED) is 0.708. The summed E-state index contributed by atoms with van der Waals surface area (Å²) < 4.78 is 12.2. The van der Waals surface area contributed by atoms with E-state index in [1.807, 2.05) is 6.07 Å². The van der Waals surface area contributed by atoms with Crippen molar-refractivity contribution in [1.82, 2.24) is 10.2 Å². The summed E-state index contributed by atoms with van der Waals surface area (Å²) in [6, 6.07) is 1.82. The van der Waals surface area contributed by atoms with Gasteiger partial charge in [-0.1, -0.05) is 11.6 Å². The fourth-order valence-electron chi connectivity index (χ4n) is 1.40. The zero-order valence-corrected chi connectivity index (χ0v) is 7.13. The fourth-order valence-corrected chi connectivity index (χ4v) is 1.65. The molecule has 64 valence electrons. The maximum atomic E-state index is 12.2. The number of halogens is 2. The Morgan fingerprint density at radius 3 is 3.08 bits per heavy atom. The lowest BCUT2D eigenvalue weighted by molar-refractivity contribution is 0.452. The summed E-state index contributed by atoms with van der Waals surface area (Å²) in [5, 5.41) is 7.75. The van der Waals surface area contributed by atoms with Gasteiger partial charge in [0.15, 0.2) is 5.15 Å². The molecule has 2 atom stereocenters. The van der Waals surface area contributed by atoms with E-state index in [-0.39, 0.29) is 18.5 Å². The molecule has 0 amide bonds. The van der Waals surface area contributed by atoms with E-state index in [9.17, 15) is 4.39 Å². The van der Waals surface area contributed by atoms with E-state index in [1.165, 1.54) is 0 Å². The van der Waals surface area contributed by atoms with Crippen molar-refractivity contribution in [3.05, 3.63) is 23.0 Å². The van der Waals surface area contributed by atoms with Gasteiger partial charge in [-0.25, -0.2) is 0 Å². The van der Waals surface area contributed by atoms with Gasteiger partial charge in [0.25, 0.3) is 0 Å². The number of aromatic nitrogens is 2. The zero-order valence-electron chi connectivity index (χ0n) is 6.37. The first-order valence-corrected chi connectivity index (χ1v) is 4.23. The van der Waals surface area contributed by atoms with Crippen molar-refractivity contribution in [3.63, 3.8) is 0 Å². The molecule has 0 aliphatic heterocycles. The molecule has 1 aromatic rings. The highest BCUT2D eigenvalue weighted by atomic mass is 35.5. The van der Waals surface area contributed by atoms with Crippen molar-refractivity contribution in [1.29, 1.82) is 0 Å². The molecular formula is C8H8ClFN2. The Balaban J connectivity index is 2.19. The van der Waals surface area contributed by atoms with Crippen LogP contribution in [0, 0.1) is 5.92 Å². The van der Waals surface area contributed by atoms with Gasteiger partial charge in [0.2, 0.25) is 0 Å². The molecular weight excluding hydrogens is 179 g/mol. The number of alkyl halides is 1. The van der Waals surface area contributed by atoms with Crippen molar-refractivity contribution in [2.45, 2.75) is 12.3 Å². The Labute approximate surface area is 74.8 Å². The van der Waals surface area contributed by atoms with Crippen molar-refractivity contribution in [2.75, 3.05) is 6.67 Å². The second-order valence-electron chi connectivity index (χ2n) is 3.03. The van der Waals surface area contributed by atoms with Crippen molar-refractivity contribution in [2.24, 2.45) is 5.92 Å². The summed E-state index contributed by atoms with van der Waals surface area (Å²) in [5.41, 5.74) is 0.939. The van der Waals surface area contributed by atoms with E-state index in [0.29, 0.717) is 5.15 Å². The lowest BCUT2D eigenvalue weighted by Crippen LogP contribution is -1.90. The Morgan fingerprint density at radius 2 is 2.50 bits per heavy atom. The summed E-state index contributed by atoms with van der Waals surface area (Å²) in [6.07, 6.45) is 2.48. The summed E-state index contributed by atoms with van der Waals surface area (Å²) in [4.78, 5) is 0. The Morgan fingerprint density at radius 1 is 1.67 bits per heavy atom. The average molecular weight is 187 g/mol. The maximum Gasteiger partial charge on any atom is 0.155 e. The number of nitrogens with zero attached hydrogens (tertiary/aromatic N) is 2. The van der Waals surface area contributed by atoms with Crippen LogP contribution in [0.15, 0.2) is 12.3 Å². The van der Waals surface area contributed by atoms with Crippen LogP contribution in [-0.2, 0) is 0 Å². The minimum Gasteiger partial charge on any atom is -0.251 e. The highest BCUT2D eigenvalue weighted by Crippen LogP contribution is 2.48. The summed E-state index contributed by atoms with van der Waals surface area (Å²) in [6.45, 7) is -0.261. The molecule has 12 heavy (non-hydrogen) atoms. The molecule has 0 spiro atoms. The molecule has 0 bridgehead atoms. The van der Waals surface area contributed by atoms with E-state index in [4.69, 9.17) is 11.6 Å². The van der Waals surface area contributed by atoms with Crippen molar-refractivity contribution < 1.29 is 4.39 Å². The number of rotatable bonds is 2. The van der Waals surface area contributed by atoms with Crippen LogP contribution in [0.2, 0.25) is 5.15 Å². The van der Waals surface area contributed by atoms with Crippen LogP contribution >= 0.6 is 11.6 Å². The summed E-state index contributed by atoms with van der Waals surface area (Å²) >= 11 is 5.79. The third kappa shape index (κ3) is 1.29. The zero-order chi connectivity index (χ0) is 8.55. The first kappa shape index (κ1) is 7.92. The Hall–Kier alpha value is -0.700. The highest BCUT2D eigenvalue weighted by molar-refractivity contribution is 6.30. The molecule has 1 aliphatic carbocycles. The molecule has 0 saturated heterocycles. The molecule has 1 aromatic heterocycles. The highest BCUT2D eigenvalue weighted by Gasteiger charge is 2.39. The standard InChI is InChI=1S/C8H8ClFN2/c9-8-6(1-2-11-12-8)7-3-5(7)4-10/h1-2,5,7H,3-4H2/t5-,7+/m0/s1. The first-order valence-electron chi connectivity index (χ1n) is 3.86. The molecule has 0 radical (unpaired) electrons. The van der Waals surface area contributed by atoms with Gasteiger partial charge >= 0.3 is 0 Å². The smallest absolute Gasteiger partial charge is 0.155 e. The molecule has 1 aliphatic rings. The SMILES string of the molecule is FC[C@@H]1C[C@H]1c1ccnnc1Cl. The summed E-state index contributed by atoms with van der Waals surface area (Å²) in [5.74, 6) is 0.435. The second-order valence-corrected chi connectivity index (χ2v) is 3.39. The largest absolute Gasteiger partial charge is 0.251 e. The van der Waals surface area contributed by atoms with Gasteiger partial charge in [-0.05, 0) is 29.9 Å². The topological polar surface area (TPSA) is 25.8 Å². The van der Waals surface area contributed by atoms with Gasteiger partial charge in [-0.15, -0.1) is 5.10 Å². The van der Waals surface area contributed by atoms with Gasteiger partial charge < -0.3 is 0 Å². The van der Waals surface area contributed by atoms with Gasteiger partial charge in [0, 0.05) is 6.20 Å². The van der Waals surface area contributed by atoms with Crippen LogP contribution in [0.5, 0.6) is 0 Å². The normalized spacial score (nSPS) is 27.2. The van der Waals surface area contributed by atoms with Gasteiger partial charge in [0.05, 0.1) is 6.67 Å². The molecule has 1 fully saturated rings. The van der Waals surface area contributed by atoms with Crippen LogP contribution in [0.25, 0.3) is 0 Å². The van der Waals surface area contributed by atoms with Crippen LogP contribution in [0.3, 0.4) is 0 Å². The molecule has 0 aromatic carbocycles. The van der Waals surface area contributed by atoms with Crippen LogP contribution in [0.4, 0.5) is 4.39 Å². The molecule has 2 nitrogen and oxygen atoms in total. The second kappa shape index (κ2) is 2.98. The molecule has 0 unspecified atom stereocenters. The molecule has 4 heteroatoms. The minimum atomic E-state index is -0.261. The van der Waals surface area contributed by atoms with Crippen LogP contribution in [0.1, 0.15) is 17.9 Å². The van der Waals surface area contributed by atoms with Gasteiger partial charge in [0.1, 0.15) is 0 Å². The van der Waals surface area contributed by atoms with Crippen molar-refractivity contribution in [3.8, 4) is 0 Å². The fraction of sp³-hybridized carbons (Fsp3) is 0.500. The average Bonchev–Trinajstić information content (AvgIpc) is 2.84. The van der Waals surface area contributed by atoms with Crippen LogP contribution in [-0.4, -0.2) is 16.9 Å². The van der Waals surface area contributed by atoms with Gasteiger partial charge in [-0.2, -0.15) is 5.10 Å². The van der Waals surface area contributed by atoms with Crippen LogP contribution < -0.4 is 0 Å².